The summed E-state index contributed by atoms with van der Waals surface area (Å²) < 4.78 is 29.5. The third-order valence-electron chi connectivity index (χ3n) is 1.79. The molecule has 0 spiro atoms. The van der Waals surface area contributed by atoms with Crippen LogP contribution < -0.4 is 0 Å². The van der Waals surface area contributed by atoms with Crippen LogP contribution in [-0.2, 0) is 4.74 Å². The Morgan fingerprint density at radius 3 is 2.58 bits per heavy atom. The molecule has 1 rings (SSSR count). The number of methoxy groups -OCH3 is 1. The van der Waals surface area contributed by atoms with E-state index in [1.165, 1.54) is 7.11 Å². The van der Waals surface area contributed by atoms with E-state index in [9.17, 15) is 8.78 Å². The highest BCUT2D eigenvalue weighted by molar-refractivity contribution is 5.34. The van der Waals surface area contributed by atoms with Crippen molar-refractivity contribution in [3.8, 4) is 0 Å². The van der Waals surface area contributed by atoms with Crippen LogP contribution in [0.15, 0.2) is 23.5 Å². The molecule has 0 saturated heterocycles. The zero-order valence-electron chi connectivity index (χ0n) is 7.10. The van der Waals surface area contributed by atoms with Crippen molar-refractivity contribution >= 4 is 0 Å². The van der Waals surface area contributed by atoms with Gasteiger partial charge in [-0.05, 0) is 18.4 Å². The van der Waals surface area contributed by atoms with Gasteiger partial charge in [0, 0.05) is 5.57 Å². The van der Waals surface area contributed by atoms with E-state index < -0.39 is 6.43 Å². The van der Waals surface area contributed by atoms with Crippen LogP contribution in [0.25, 0.3) is 0 Å². The van der Waals surface area contributed by atoms with Crippen LogP contribution in [0.2, 0.25) is 0 Å². The minimum atomic E-state index is -2.42. The average Bonchev–Trinajstić information content (AvgIpc) is 2.04. The first-order valence-electron chi connectivity index (χ1n) is 3.71. The molecule has 12 heavy (non-hydrogen) atoms. The van der Waals surface area contributed by atoms with Crippen LogP contribution in [0, 0.1) is 5.92 Å². The monoisotopic (exact) mass is 173 g/mol. The fourth-order valence-corrected chi connectivity index (χ4v) is 1.16. The number of allylic oxidation sites excluding steroid dienone is 3. The predicted molar refractivity (Wildman–Crippen MR) is 42.7 cm³/mol. The van der Waals surface area contributed by atoms with Gasteiger partial charge in [0.05, 0.1) is 7.11 Å². The van der Waals surface area contributed by atoms with Crippen molar-refractivity contribution in [2.24, 2.45) is 0 Å². The number of ether oxygens (including phenoxy) is 1. The van der Waals surface area contributed by atoms with Gasteiger partial charge in [0.2, 0.25) is 0 Å². The molecule has 1 nitrogen and oxygen atoms in total. The van der Waals surface area contributed by atoms with E-state index in [4.69, 9.17) is 4.74 Å². The SMILES string of the molecule is COC1=C(C(F)F)C[C](C)C=C1. The summed E-state index contributed by atoms with van der Waals surface area (Å²) in [4.78, 5) is 0. The molecule has 1 aliphatic rings. The van der Waals surface area contributed by atoms with Gasteiger partial charge in [-0.25, -0.2) is 8.78 Å². The van der Waals surface area contributed by atoms with E-state index in [-0.39, 0.29) is 5.57 Å². The highest BCUT2D eigenvalue weighted by Gasteiger charge is 2.21. The van der Waals surface area contributed by atoms with Gasteiger partial charge in [0.1, 0.15) is 5.76 Å². The lowest BCUT2D eigenvalue weighted by Crippen LogP contribution is -2.08. The van der Waals surface area contributed by atoms with Crippen molar-refractivity contribution in [1.82, 2.24) is 0 Å². The number of hydrogen-bond donors (Lipinski definition) is 0. The zero-order valence-corrected chi connectivity index (χ0v) is 7.10. The van der Waals surface area contributed by atoms with E-state index >= 15 is 0 Å². The van der Waals surface area contributed by atoms with Crippen LogP contribution in [0.5, 0.6) is 0 Å². The second kappa shape index (κ2) is 3.70. The number of alkyl halides is 2. The minimum Gasteiger partial charge on any atom is -0.497 e. The molecule has 67 valence electrons. The van der Waals surface area contributed by atoms with Crippen LogP contribution in [0.1, 0.15) is 13.3 Å². The van der Waals surface area contributed by atoms with Crippen molar-refractivity contribution in [3.05, 3.63) is 29.4 Å². The first-order valence-corrected chi connectivity index (χ1v) is 3.71. The largest absolute Gasteiger partial charge is 0.497 e. The van der Waals surface area contributed by atoms with E-state index in [0.29, 0.717) is 12.2 Å². The fraction of sp³-hybridized carbons (Fsp3) is 0.444. The molecule has 0 saturated carbocycles. The molecule has 0 unspecified atom stereocenters. The molecule has 1 radical (unpaired) electrons. The summed E-state index contributed by atoms with van der Waals surface area (Å²) in [5, 5.41) is 0. The van der Waals surface area contributed by atoms with Gasteiger partial charge in [0.25, 0.3) is 6.43 Å². The molecule has 0 N–H and O–H groups in total. The topological polar surface area (TPSA) is 9.23 Å². The first kappa shape index (κ1) is 9.23. The summed E-state index contributed by atoms with van der Waals surface area (Å²) in [5.41, 5.74) is 0.0810. The maximum absolute atomic E-state index is 12.3. The molecule has 0 aliphatic heterocycles. The Morgan fingerprint density at radius 2 is 2.08 bits per heavy atom. The summed E-state index contributed by atoms with van der Waals surface area (Å²) in [7, 11) is 1.41. The number of rotatable bonds is 2. The molecule has 0 fully saturated rings. The van der Waals surface area contributed by atoms with E-state index in [2.05, 4.69) is 0 Å². The molecule has 0 aromatic carbocycles. The highest BCUT2D eigenvalue weighted by Crippen LogP contribution is 2.29. The van der Waals surface area contributed by atoms with Crippen molar-refractivity contribution in [1.29, 1.82) is 0 Å². The smallest absolute Gasteiger partial charge is 0.263 e. The van der Waals surface area contributed by atoms with E-state index in [1.807, 2.05) is 6.92 Å². The summed E-state index contributed by atoms with van der Waals surface area (Å²) >= 11 is 0. The lowest BCUT2D eigenvalue weighted by molar-refractivity contribution is 0.172. The number of hydrogen-bond acceptors (Lipinski definition) is 1. The molecule has 0 aromatic heterocycles. The van der Waals surface area contributed by atoms with Crippen LogP contribution >= 0.6 is 0 Å². The van der Waals surface area contributed by atoms with Gasteiger partial charge in [0.15, 0.2) is 0 Å². The van der Waals surface area contributed by atoms with Crippen LogP contribution in [0.4, 0.5) is 8.78 Å². The van der Waals surface area contributed by atoms with Crippen molar-refractivity contribution in [3.63, 3.8) is 0 Å². The van der Waals surface area contributed by atoms with Gasteiger partial charge in [-0.1, -0.05) is 13.0 Å². The lowest BCUT2D eigenvalue weighted by Gasteiger charge is -2.17. The van der Waals surface area contributed by atoms with Gasteiger partial charge in [-0.15, -0.1) is 0 Å². The highest BCUT2D eigenvalue weighted by atomic mass is 19.3. The molecule has 0 atom stereocenters. The second-order valence-electron chi connectivity index (χ2n) is 2.75. The average molecular weight is 173 g/mol. The van der Waals surface area contributed by atoms with E-state index in [0.717, 1.165) is 5.92 Å². The van der Waals surface area contributed by atoms with Crippen molar-refractivity contribution in [2.75, 3.05) is 7.11 Å². The van der Waals surface area contributed by atoms with Gasteiger partial charge in [-0.3, -0.25) is 0 Å². The third-order valence-corrected chi connectivity index (χ3v) is 1.79. The summed E-state index contributed by atoms with van der Waals surface area (Å²) in [6.07, 6.45) is 1.28. The van der Waals surface area contributed by atoms with Gasteiger partial charge in [-0.2, -0.15) is 0 Å². The maximum Gasteiger partial charge on any atom is 0.263 e. The predicted octanol–water partition coefficient (Wildman–Crippen LogP) is 2.71. The van der Waals surface area contributed by atoms with Gasteiger partial charge >= 0.3 is 0 Å². The minimum absolute atomic E-state index is 0.0810. The Balaban J connectivity index is 2.86. The second-order valence-corrected chi connectivity index (χ2v) is 2.75. The summed E-state index contributed by atoms with van der Waals surface area (Å²) in [6.45, 7) is 1.82. The third kappa shape index (κ3) is 1.84. The normalized spacial score (nSPS) is 19.1. The zero-order chi connectivity index (χ0) is 9.14. The summed E-state index contributed by atoms with van der Waals surface area (Å²) in [5.74, 6) is 1.24. The molecule has 1 aliphatic carbocycles. The number of halogens is 2. The molecular formula is C9H11F2O. The Bertz CT molecular complexity index is 219. The molecule has 0 amide bonds. The quantitative estimate of drug-likeness (QED) is 0.623. The van der Waals surface area contributed by atoms with Crippen molar-refractivity contribution < 1.29 is 13.5 Å². The maximum atomic E-state index is 12.3. The van der Waals surface area contributed by atoms with E-state index in [1.54, 1.807) is 12.2 Å². The molecular weight excluding hydrogens is 162 g/mol. The molecule has 0 bridgehead atoms. The summed E-state index contributed by atoms with van der Waals surface area (Å²) in [6, 6.07) is 0. The standard InChI is InChI=1S/C9H11F2O/c1-6-3-4-8(12-2)7(5-6)9(10)11/h3-4,9H,5H2,1-2H3. The lowest BCUT2D eigenvalue weighted by atomic mass is 9.95. The first-order chi connectivity index (χ1) is 5.65. The van der Waals surface area contributed by atoms with Crippen LogP contribution in [-0.4, -0.2) is 13.5 Å². The molecule has 0 aromatic rings. The Labute approximate surface area is 70.7 Å². The fourth-order valence-electron chi connectivity index (χ4n) is 1.16. The van der Waals surface area contributed by atoms with Crippen LogP contribution in [0.3, 0.4) is 0 Å². The Kier molecular flexibility index (Phi) is 2.84. The molecule has 0 heterocycles. The Hall–Kier alpha value is -0.860. The van der Waals surface area contributed by atoms with Crippen molar-refractivity contribution in [2.45, 2.75) is 19.8 Å². The van der Waals surface area contributed by atoms with Gasteiger partial charge < -0.3 is 4.74 Å². The molecule has 3 heteroatoms. The Morgan fingerprint density at radius 1 is 1.42 bits per heavy atom.